The molecule has 0 saturated heterocycles. The Morgan fingerprint density at radius 3 is 1.47 bits per heavy atom. The summed E-state index contributed by atoms with van der Waals surface area (Å²) in [6.45, 7) is 5.56. The largest absolute Gasteiger partial charge is 0.462 e. The lowest BCUT2D eigenvalue weighted by Crippen LogP contribution is -2.24. The van der Waals surface area contributed by atoms with Gasteiger partial charge in [0.25, 0.3) is 0 Å². The van der Waals surface area contributed by atoms with E-state index in [0.717, 1.165) is 12.2 Å². The number of esters is 4. The average Bonchev–Trinajstić information content (AvgIpc) is 2.80. The number of aliphatic hydroxyl groups is 2. The molecule has 0 heterocycles. The molecule has 0 spiro atoms. The highest BCUT2D eigenvalue weighted by molar-refractivity contribution is 6.03. The zero-order valence-corrected chi connectivity index (χ0v) is 17.4. The Morgan fingerprint density at radius 2 is 1.12 bits per heavy atom. The Kier molecular flexibility index (Phi) is 12.0. The number of carbonyl (C=O) groups excluding carboxylic acids is 4. The molecule has 1 rings (SSSR count). The van der Waals surface area contributed by atoms with Gasteiger partial charge in [-0.1, -0.05) is 25.3 Å². The fourth-order valence-electron chi connectivity index (χ4n) is 2.21. The summed E-state index contributed by atoms with van der Waals surface area (Å²) >= 11 is 0. The van der Waals surface area contributed by atoms with Gasteiger partial charge < -0.3 is 29.2 Å². The van der Waals surface area contributed by atoms with E-state index in [0.29, 0.717) is 0 Å². The van der Waals surface area contributed by atoms with Crippen molar-refractivity contribution in [2.75, 3.05) is 26.4 Å². The summed E-state index contributed by atoms with van der Waals surface area (Å²) in [6, 6.07) is 5.73. The molecule has 0 saturated carbocycles. The van der Waals surface area contributed by atoms with E-state index in [9.17, 15) is 29.4 Å². The summed E-state index contributed by atoms with van der Waals surface area (Å²) in [4.78, 5) is 46.5. The minimum Gasteiger partial charge on any atom is -0.462 e. The average molecular weight is 450 g/mol. The number of rotatable bonds is 14. The molecule has 0 aliphatic carbocycles. The van der Waals surface area contributed by atoms with Crippen LogP contribution in [0.5, 0.6) is 0 Å². The molecule has 1 aromatic rings. The van der Waals surface area contributed by atoms with E-state index in [2.05, 4.69) is 13.2 Å². The van der Waals surface area contributed by atoms with Gasteiger partial charge in [0.1, 0.15) is 13.2 Å². The first-order chi connectivity index (χ1) is 15.3. The summed E-state index contributed by atoms with van der Waals surface area (Å²) < 4.78 is 19.5. The highest BCUT2D eigenvalue weighted by Crippen LogP contribution is 2.13. The second kappa shape index (κ2) is 14.5. The van der Waals surface area contributed by atoms with E-state index < -0.39 is 36.1 Å². The maximum Gasteiger partial charge on any atom is 0.339 e. The van der Waals surface area contributed by atoms with Crippen LogP contribution in [-0.4, -0.2) is 72.7 Å². The molecule has 32 heavy (non-hydrogen) atoms. The minimum absolute atomic E-state index is 0.0382. The summed E-state index contributed by atoms with van der Waals surface area (Å²) in [5.41, 5.74) is -0.172. The Labute approximate surface area is 185 Å². The maximum atomic E-state index is 12.3. The number of benzene rings is 1. The van der Waals surface area contributed by atoms with Crippen molar-refractivity contribution in [2.45, 2.75) is 25.0 Å². The van der Waals surface area contributed by atoms with Crippen molar-refractivity contribution in [3.05, 3.63) is 60.7 Å². The van der Waals surface area contributed by atoms with Crippen molar-refractivity contribution >= 4 is 23.9 Å². The van der Waals surface area contributed by atoms with Gasteiger partial charge in [0, 0.05) is 25.0 Å². The predicted molar refractivity (Wildman–Crippen MR) is 111 cm³/mol. The Balaban J connectivity index is 2.53. The van der Waals surface area contributed by atoms with Gasteiger partial charge in [-0.2, -0.15) is 0 Å². The van der Waals surface area contributed by atoms with Crippen LogP contribution in [0.4, 0.5) is 0 Å². The van der Waals surface area contributed by atoms with Crippen LogP contribution in [-0.2, 0) is 28.5 Å². The van der Waals surface area contributed by atoms with Crippen LogP contribution in [0, 0.1) is 0 Å². The van der Waals surface area contributed by atoms with Gasteiger partial charge in [-0.3, -0.25) is 0 Å². The van der Waals surface area contributed by atoms with E-state index in [-0.39, 0.29) is 50.4 Å². The van der Waals surface area contributed by atoms with Crippen LogP contribution in [0.25, 0.3) is 0 Å². The second-order valence-corrected chi connectivity index (χ2v) is 6.37. The predicted octanol–water partition coefficient (Wildman–Crippen LogP) is 0.961. The zero-order valence-electron chi connectivity index (χ0n) is 17.4. The van der Waals surface area contributed by atoms with Gasteiger partial charge in [-0.05, 0) is 12.1 Å². The van der Waals surface area contributed by atoms with Crippen LogP contribution in [0.1, 0.15) is 33.6 Å². The molecule has 2 atom stereocenters. The number of ether oxygens (including phenoxy) is 4. The quantitative estimate of drug-likeness (QED) is 0.239. The third-order valence-electron chi connectivity index (χ3n) is 3.90. The Morgan fingerprint density at radius 1 is 0.750 bits per heavy atom. The van der Waals surface area contributed by atoms with Crippen molar-refractivity contribution in [3.63, 3.8) is 0 Å². The third-order valence-corrected chi connectivity index (χ3v) is 3.90. The molecule has 0 aliphatic heterocycles. The lowest BCUT2D eigenvalue weighted by atomic mass is 10.1. The van der Waals surface area contributed by atoms with E-state index in [1.54, 1.807) is 0 Å². The molecule has 0 amide bonds. The first-order valence-corrected chi connectivity index (χ1v) is 9.66. The molecule has 174 valence electrons. The fraction of sp³-hybridized carbons (Fsp3) is 0.364. The molecule has 0 fully saturated rings. The zero-order chi connectivity index (χ0) is 23.9. The van der Waals surface area contributed by atoms with E-state index >= 15 is 0 Å². The molecule has 2 N–H and O–H groups in total. The first-order valence-electron chi connectivity index (χ1n) is 9.66. The molecule has 1 aromatic carbocycles. The van der Waals surface area contributed by atoms with Gasteiger partial charge in [0.05, 0.1) is 36.5 Å². The Bertz CT molecular complexity index is 750. The number of hydrogen-bond donors (Lipinski definition) is 2. The first kappa shape index (κ1) is 26.5. The van der Waals surface area contributed by atoms with Crippen LogP contribution < -0.4 is 0 Å². The summed E-state index contributed by atoms with van der Waals surface area (Å²) in [5, 5.41) is 19.6. The SMILES string of the molecule is C=CC(=O)OCCC(O)COC(=O)c1ccccc1C(=O)OCC(O)CCOC(=O)C=C. The molecule has 10 heteroatoms. The smallest absolute Gasteiger partial charge is 0.339 e. The molecule has 0 radical (unpaired) electrons. The monoisotopic (exact) mass is 450 g/mol. The highest BCUT2D eigenvalue weighted by Gasteiger charge is 2.21. The summed E-state index contributed by atoms with van der Waals surface area (Å²) in [6.07, 6.45) is -0.118. The number of carbonyl (C=O) groups is 4. The fourth-order valence-corrected chi connectivity index (χ4v) is 2.21. The van der Waals surface area contributed by atoms with Crippen LogP contribution in [0.3, 0.4) is 0 Å². The third kappa shape index (κ3) is 10.0. The minimum atomic E-state index is -1.08. The molecule has 0 aromatic heterocycles. The van der Waals surface area contributed by atoms with Crippen molar-refractivity contribution in [1.82, 2.24) is 0 Å². The molecular weight excluding hydrogens is 424 g/mol. The van der Waals surface area contributed by atoms with Gasteiger partial charge in [-0.15, -0.1) is 0 Å². The highest BCUT2D eigenvalue weighted by atomic mass is 16.6. The lowest BCUT2D eigenvalue weighted by Gasteiger charge is -2.14. The lowest BCUT2D eigenvalue weighted by molar-refractivity contribution is -0.139. The van der Waals surface area contributed by atoms with Gasteiger partial charge in [-0.25, -0.2) is 19.2 Å². The standard InChI is InChI=1S/C22H26O10/c1-3-19(25)29-11-9-15(23)13-31-21(27)17-7-5-6-8-18(17)22(28)32-14-16(24)10-12-30-20(26)4-2/h3-8,15-16,23-24H,1-2,9-14H2. The van der Waals surface area contributed by atoms with Crippen molar-refractivity contribution in [1.29, 1.82) is 0 Å². The topological polar surface area (TPSA) is 146 Å². The van der Waals surface area contributed by atoms with Crippen molar-refractivity contribution in [3.8, 4) is 0 Å². The van der Waals surface area contributed by atoms with E-state index in [1.807, 2.05) is 0 Å². The normalized spacial score (nSPS) is 12.1. The molecular formula is C22H26O10. The molecule has 0 aliphatic rings. The van der Waals surface area contributed by atoms with E-state index in [1.165, 1.54) is 24.3 Å². The van der Waals surface area contributed by atoms with Crippen molar-refractivity contribution in [2.24, 2.45) is 0 Å². The number of hydrogen-bond acceptors (Lipinski definition) is 10. The second-order valence-electron chi connectivity index (χ2n) is 6.37. The van der Waals surface area contributed by atoms with Crippen LogP contribution >= 0.6 is 0 Å². The molecule has 0 bridgehead atoms. The van der Waals surface area contributed by atoms with Crippen LogP contribution in [0.15, 0.2) is 49.6 Å². The Hall–Kier alpha value is -3.50. The molecule has 2 unspecified atom stereocenters. The maximum absolute atomic E-state index is 12.3. The summed E-state index contributed by atoms with van der Waals surface area (Å²) in [7, 11) is 0. The summed E-state index contributed by atoms with van der Waals surface area (Å²) in [5.74, 6) is -3.00. The van der Waals surface area contributed by atoms with Gasteiger partial charge >= 0.3 is 23.9 Å². The molecule has 10 nitrogen and oxygen atoms in total. The van der Waals surface area contributed by atoms with Crippen molar-refractivity contribution < 1.29 is 48.3 Å². The number of aliphatic hydroxyl groups excluding tert-OH is 2. The van der Waals surface area contributed by atoms with Gasteiger partial charge in [0.2, 0.25) is 0 Å². The van der Waals surface area contributed by atoms with E-state index in [4.69, 9.17) is 18.9 Å². The van der Waals surface area contributed by atoms with Crippen LogP contribution in [0.2, 0.25) is 0 Å². The van der Waals surface area contributed by atoms with Gasteiger partial charge in [0.15, 0.2) is 0 Å².